The van der Waals surface area contributed by atoms with Gasteiger partial charge in [-0.1, -0.05) is 50.0 Å². The summed E-state index contributed by atoms with van der Waals surface area (Å²) in [6.45, 7) is 8.05. The fourth-order valence-corrected chi connectivity index (χ4v) is 1.77. The second-order valence-electron chi connectivity index (χ2n) is 4.26. The van der Waals surface area contributed by atoms with Crippen LogP contribution < -0.4 is 10.1 Å². The third-order valence-electron chi connectivity index (χ3n) is 2.53. The molecule has 0 aliphatic rings. The molecule has 1 atom stereocenters. The molecule has 96 valence electrons. The predicted molar refractivity (Wildman–Crippen MR) is 74.3 cm³/mol. The Kier molecular flexibility index (Phi) is 6.10. The lowest BCUT2D eigenvalue weighted by Crippen LogP contribution is -2.35. The zero-order valence-electron chi connectivity index (χ0n) is 10.5. The standard InChI is InChI=1S/C13H19Cl2NO/c1-4-16-8-12(9(2)3)17-11-7-5-6-10(14)13(11)15/h5-7,9,12,16H,4,8H2,1-3H3. The highest BCUT2D eigenvalue weighted by Gasteiger charge is 2.16. The van der Waals surface area contributed by atoms with Gasteiger partial charge in [-0.05, 0) is 24.6 Å². The number of likely N-dealkylation sites (N-methyl/N-ethyl adjacent to an activating group) is 1. The molecule has 4 heteroatoms. The van der Waals surface area contributed by atoms with Crippen LogP contribution in [0.3, 0.4) is 0 Å². The van der Waals surface area contributed by atoms with Gasteiger partial charge in [0.05, 0.1) is 5.02 Å². The Hall–Kier alpha value is -0.440. The molecule has 0 radical (unpaired) electrons. The molecular weight excluding hydrogens is 257 g/mol. The zero-order chi connectivity index (χ0) is 12.8. The summed E-state index contributed by atoms with van der Waals surface area (Å²) in [5.41, 5.74) is 0. The van der Waals surface area contributed by atoms with Crippen LogP contribution in [0.15, 0.2) is 18.2 Å². The highest BCUT2D eigenvalue weighted by molar-refractivity contribution is 6.42. The molecule has 0 spiro atoms. The third-order valence-corrected chi connectivity index (χ3v) is 3.34. The summed E-state index contributed by atoms with van der Waals surface area (Å²) in [5.74, 6) is 1.06. The number of ether oxygens (including phenoxy) is 1. The Morgan fingerprint density at radius 3 is 2.59 bits per heavy atom. The summed E-state index contributed by atoms with van der Waals surface area (Å²) in [6, 6.07) is 5.44. The molecule has 1 unspecified atom stereocenters. The minimum absolute atomic E-state index is 0.0888. The van der Waals surface area contributed by atoms with Gasteiger partial charge < -0.3 is 10.1 Å². The molecular formula is C13H19Cl2NO. The number of hydrogen-bond acceptors (Lipinski definition) is 2. The molecule has 0 saturated heterocycles. The van der Waals surface area contributed by atoms with Crippen molar-refractivity contribution in [1.82, 2.24) is 5.32 Å². The molecule has 1 N–H and O–H groups in total. The minimum Gasteiger partial charge on any atom is -0.487 e. The van der Waals surface area contributed by atoms with Gasteiger partial charge in [0.25, 0.3) is 0 Å². The van der Waals surface area contributed by atoms with Gasteiger partial charge in [0, 0.05) is 6.54 Å². The summed E-state index contributed by atoms with van der Waals surface area (Å²) in [5, 5.41) is 4.29. The predicted octanol–water partition coefficient (Wildman–Crippen LogP) is 4.01. The van der Waals surface area contributed by atoms with Gasteiger partial charge in [-0.25, -0.2) is 0 Å². The molecule has 1 rings (SSSR count). The quantitative estimate of drug-likeness (QED) is 0.847. The molecule has 0 heterocycles. The van der Waals surface area contributed by atoms with Crippen molar-refractivity contribution in [3.8, 4) is 5.75 Å². The minimum atomic E-state index is 0.0888. The second-order valence-corrected chi connectivity index (χ2v) is 5.05. The lowest BCUT2D eigenvalue weighted by molar-refractivity contribution is 0.150. The van der Waals surface area contributed by atoms with Crippen molar-refractivity contribution in [3.05, 3.63) is 28.2 Å². The summed E-state index contributed by atoms with van der Waals surface area (Å²) >= 11 is 12.1. The average molecular weight is 276 g/mol. The van der Waals surface area contributed by atoms with Crippen LogP contribution in [0.25, 0.3) is 0 Å². The molecule has 17 heavy (non-hydrogen) atoms. The largest absolute Gasteiger partial charge is 0.487 e. The molecule has 1 aromatic rings. The van der Waals surface area contributed by atoms with Crippen molar-refractivity contribution in [2.24, 2.45) is 5.92 Å². The van der Waals surface area contributed by atoms with Crippen LogP contribution in [0.2, 0.25) is 10.0 Å². The van der Waals surface area contributed by atoms with Crippen LogP contribution in [-0.4, -0.2) is 19.2 Å². The smallest absolute Gasteiger partial charge is 0.139 e. The monoisotopic (exact) mass is 275 g/mol. The van der Waals surface area contributed by atoms with E-state index in [1.807, 2.05) is 12.1 Å². The van der Waals surface area contributed by atoms with Crippen molar-refractivity contribution in [3.63, 3.8) is 0 Å². The molecule has 0 fully saturated rings. The van der Waals surface area contributed by atoms with Crippen LogP contribution in [0.1, 0.15) is 20.8 Å². The van der Waals surface area contributed by atoms with Gasteiger partial charge in [-0.2, -0.15) is 0 Å². The Balaban J connectivity index is 2.75. The Morgan fingerprint density at radius 1 is 1.29 bits per heavy atom. The maximum absolute atomic E-state index is 6.10. The van der Waals surface area contributed by atoms with Gasteiger partial charge in [0.2, 0.25) is 0 Å². The summed E-state index contributed by atoms with van der Waals surface area (Å²) < 4.78 is 5.91. The number of hydrogen-bond donors (Lipinski definition) is 1. The molecule has 0 aromatic heterocycles. The van der Waals surface area contributed by atoms with E-state index in [0.717, 1.165) is 13.1 Å². The van der Waals surface area contributed by atoms with E-state index in [9.17, 15) is 0 Å². The summed E-state index contributed by atoms with van der Waals surface area (Å²) in [4.78, 5) is 0. The first kappa shape index (κ1) is 14.6. The molecule has 0 saturated carbocycles. The molecule has 0 bridgehead atoms. The van der Waals surface area contributed by atoms with E-state index in [0.29, 0.717) is 21.7 Å². The van der Waals surface area contributed by atoms with Crippen LogP contribution in [0, 0.1) is 5.92 Å². The molecule has 0 amide bonds. The maximum atomic E-state index is 6.10. The Labute approximate surface area is 113 Å². The van der Waals surface area contributed by atoms with Crippen molar-refractivity contribution in [2.75, 3.05) is 13.1 Å². The second kappa shape index (κ2) is 7.10. The topological polar surface area (TPSA) is 21.3 Å². The van der Waals surface area contributed by atoms with E-state index in [4.69, 9.17) is 27.9 Å². The Morgan fingerprint density at radius 2 is 2.00 bits per heavy atom. The first-order valence-electron chi connectivity index (χ1n) is 5.87. The number of nitrogens with one attached hydrogen (secondary N) is 1. The first-order chi connectivity index (χ1) is 8.06. The molecule has 1 aromatic carbocycles. The van der Waals surface area contributed by atoms with Gasteiger partial charge in [-0.3, -0.25) is 0 Å². The van der Waals surface area contributed by atoms with E-state index in [-0.39, 0.29) is 6.10 Å². The average Bonchev–Trinajstić information content (AvgIpc) is 2.29. The first-order valence-corrected chi connectivity index (χ1v) is 6.63. The Bertz CT molecular complexity index is 355. The normalized spacial score (nSPS) is 12.8. The third kappa shape index (κ3) is 4.38. The van der Waals surface area contributed by atoms with Crippen LogP contribution in [-0.2, 0) is 0 Å². The SMILES string of the molecule is CCNCC(Oc1cccc(Cl)c1Cl)C(C)C. The molecule has 0 aliphatic heterocycles. The summed E-state index contributed by atoms with van der Waals surface area (Å²) in [7, 11) is 0. The molecule has 0 aliphatic carbocycles. The van der Waals surface area contributed by atoms with Crippen molar-refractivity contribution in [1.29, 1.82) is 0 Å². The van der Waals surface area contributed by atoms with E-state index in [2.05, 4.69) is 26.1 Å². The van der Waals surface area contributed by atoms with E-state index in [1.165, 1.54) is 0 Å². The van der Waals surface area contributed by atoms with E-state index in [1.54, 1.807) is 6.07 Å². The van der Waals surface area contributed by atoms with Crippen LogP contribution in [0.5, 0.6) is 5.75 Å². The number of benzene rings is 1. The molecule has 2 nitrogen and oxygen atoms in total. The lowest BCUT2D eigenvalue weighted by atomic mass is 10.1. The number of halogens is 2. The van der Waals surface area contributed by atoms with Crippen LogP contribution in [0.4, 0.5) is 0 Å². The van der Waals surface area contributed by atoms with Gasteiger partial charge in [-0.15, -0.1) is 0 Å². The number of rotatable bonds is 6. The highest BCUT2D eigenvalue weighted by atomic mass is 35.5. The van der Waals surface area contributed by atoms with E-state index < -0.39 is 0 Å². The van der Waals surface area contributed by atoms with E-state index >= 15 is 0 Å². The maximum Gasteiger partial charge on any atom is 0.139 e. The van der Waals surface area contributed by atoms with Gasteiger partial charge in [0.15, 0.2) is 0 Å². The van der Waals surface area contributed by atoms with Crippen molar-refractivity contribution >= 4 is 23.2 Å². The van der Waals surface area contributed by atoms with Crippen LogP contribution >= 0.6 is 23.2 Å². The van der Waals surface area contributed by atoms with Gasteiger partial charge >= 0.3 is 0 Å². The highest BCUT2D eigenvalue weighted by Crippen LogP contribution is 2.32. The van der Waals surface area contributed by atoms with Crippen molar-refractivity contribution < 1.29 is 4.74 Å². The fraction of sp³-hybridized carbons (Fsp3) is 0.538. The van der Waals surface area contributed by atoms with Gasteiger partial charge in [0.1, 0.15) is 16.9 Å². The summed E-state index contributed by atoms with van der Waals surface area (Å²) in [6.07, 6.45) is 0.0888. The lowest BCUT2D eigenvalue weighted by Gasteiger charge is -2.23. The van der Waals surface area contributed by atoms with Crippen molar-refractivity contribution in [2.45, 2.75) is 26.9 Å². The zero-order valence-corrected chi connectivity index (χ0v) is 12.0. The fourth-order valence-electron chi connectivity index (χ4n) is 1.44.